The van der Waals surface area contributed by atoms with E-state index >= 15 is 0 Å². The molecular formula is C42H28N4O. The molecule has 0 saturated carbocycles. The van der Waals surface area contributed by atoms with Crippen LogP contribution < -0.4 is 5.32 Å². The molecule has 3 heterocycles. The maximum absolute atomic E-state index is 6.24. The molecule has 1 aliphatic rings. The molecule has 9 rings (SSSR count). The Bertz CT molecular complexity index is 2390. The standard InChI is InChI=1S/C42H28N4O/c1-3-10-28(11-4-1)40-44-41(29-12-5-2-6-13-29)46-42(45-40)30-20-18-27(19-21-30)31-22-23-34(33-15-8-7-14-32(31)33)35-16-9-17-37-39(35)36-24-25-43-26-38(36)47-37/h1-25,43H,26H2. The summed E-state index contributed by atoms with van der Waals surface area (Å²) in [6.07, 6.45) is 4.12. The first kappa shape index (κ1) is 27.0. The van der Waals surface area contributed by atoms with Gasteiger partial charge in [-0.2, -0.15) is 0 Å². The molecule has 0 saturated heterocycles. The van der Waals surface area contributed by atoms with E-state index in [1.54, 1.807) is 0 Å². The molecule has 1 N–H and O–H groups in total. The van der Waals surface area contributed by atoms with Gasteiger partial charge >= 0.3 is 0 Å². The summed E-state index contributed by atoms with van der Waals surface area (Å²) in [7, 11) is 0. The van der Waals surface area contributed by atoms with Gasteiger partial charge in [0, 0.05) is 27.6 Å². The molecule has 0 amide bonds. The lowest BCUT2D eigenvalue weighted by Gasteiger charge is -2.14. The Labute approximate surface area is 271 Å². The van der Waals surface area contributed by atoms with E-state index in [2.05, 4.69) is 90.3 Å². The quantitative estimate of drug-likeness (QED) is 0.212. The van der Waals surface area contributed by atoms with Crippen molar-refractivity contribution in [2.24, 2.45) is 0 Å². The lowest BCUT2D eigenvalue weighted by atomic mass is 9.90. The number of benzene rings is 6. The molecule has 222 valence electrons. The van der Waals surface area contributed by atoms with E-state index in [1.807, 2.05) is 66.9 Å². The van der Waals surface area contributed by atoms with E-state index < -0.39 is 0 Å². The third-order valence-electron chi connectivity index (χ3n) is 8.83. The zero-order valence-electron chi connectivity index (χ0n) is 25.4. The normalized spacial score (nSPS) is 12.3. The van der Waals surface area contributed by atoms with Gasteiger partial charge in [0.2, 0.25) is 0 Å². The molecule has 8 aromatic rings. The van der Waals surface area contributed by atoms with Gasteiger partial charge in [0.25, 0.3) is 0 Å². The smallest absolute Gasteiger partial charge is 0.164 e. The van der Waals surface area contributed by atoms with Crippen molar-refractivity contribution in [2.75, 3.05) is 0 Å². The fraction of sp³-hybridized carbons (Fsp3) is 0.0238. The Morgan fingerprint density at radius 3 is 1.68 bits per heavy atom. The molecule has 5 heteroatoms. The second kappa shape index (κ2) is 11.2. The number of hydrogen-bond acceptors (Lipinski definition) is 5. The highest BCUT2D eigenvalue weighted by Crippen LogP contribution is 2.41. The number of nitrogens with zero attached hydrogens (tertiary/aromatic N) is 3. The summed E-state index contributed by atoms with van der Waals surface area (Å²) in [5.41, 5.74) is 9.58. The number of nitrogens with one attached hydrogen (secondary N) is 1. The predicted octanol–water partition coefficient (Wildman–Crippen LogP) is 10.2. The Balaban J connectivity index is 1.14. The molecule has 0 fully saturated rings. The number of aromatic nitrogens is 3. The molecule has 0 bridgehead atoms. The van der Waals surface area contributed by atoms with E-state index in [9.17, 15) is 0 Å². The van der Waals surface area contributed by atoms with Crippen molar-refractivity contribution in [1.82, 2.24) is 20.3 Å². The van der Waals surface area contributed by atoms with E-state index in [4.69, 9.17) is 19.4 Å². The van der Waals surface area contributed by atoms with Crippen LogP contribution in [-0.2, 0) is 6.54 Å². The molecular weight excluding hydrogens is 576 g/mol. The summed E-state index contributed by atoms with van der Waals surface area (Å²) >= 11 is 0. The van der Waals surface area contributed by atoms with Crippen LogP contribution in [-0.4, -0.2) is 15.0 Å². The Morgan fingerprint density at radius 2 is 1.02 bits per heavy atom. The van der Waals surface area contributed by atoms with Crippen LogP contribution in [0.1, 0.15) is 11.3 Å². The van der Waals surface area contributed by atoms with Gasteiger partial charge in [-0.25, -0.2) is 15.0 Å². The van der Waals surface area contributed by atoms with Crippen LogP contribution in [0.4, 0.5) is 0 Å². The second-order valence-electron chi connectivity index (χ2n) is 11.7. The molecule has 0 unspecified atom stereocenters. The molecule has 47 heavy (non-hydrogen) atoms. The van der Waals surface area contributed by atoms with E-state index in [0.29, 0.717) is 24.0 Å². The highest BCUT2D eigenvalue weighted by Gasteiger charge is 2.20. The van der Waals surface area contributed by atoms with E-state index in [0.717, 1.165) is 44.5 Å². The first-order chi connectivity index (χ1) is 23.3. The molecule has 0 spiro atoms. The summed E-state index contributed by atoms with van der Waals surface area (Å²) in [4.78, 5) is 14.7. The van der Waals surface area contributed by atoms with E-state index in [-0.39, 0.29) is 0 Å². The molecule has 5 nitrogen and oxygen atoms in total. The highest BCUT2D eigenvalue weighted by atomic mass is 16.3. The van der Waals surface area contributed by atoms with Gasteiger partial charge in [-0.1, -0.05) is 133 Å². The van der Waals surface area contributed by atoms with Gasteiger partial charge in [0.1, 0.15) is 11.3 Å². The number of hydrogen-bond donors (Lipinski definition) is 1. The lowest BCUT2D eigenvalue weighted by Crippen LogP contribution is -2.08. The van der Waals surface area contributed by atoms with Crippen molar-refractivity contribution in [2.45, 2.75) is 6.54 Å². The van der Waals surface area contributed by atoms with Gasteiger partial charge in [-0.05, 0) is 51.4 Å². The van der Waals surface area contributed by atoms with Crippen LogP contribution in [0.15, 0.2) is 150 Å². The summed E-state index contributed by atoms with van der Waals surface area (Å²) in [5.74, 6) is 2.92. The van der Waals surface area contributed by atoms with Gasteiger partial charge in [-0.15, -0.1) is 0 Å². The van der Waals surface area contributed by atoms with Crippen LogP contribution >= 0.6 is 0 Å². The van der Waals surface area contributed by atoms with Crippen molar-refractivity contribution >= 4 is 27.8 Å². The van der Waals surface area contributed by atoms with Gasteiger partial charge in [0.05, 0.1) is 6.54 Å². The number of fused-ring (bicyclic) bond motifs is 4. The summed E-state index contributed by atoms with van der Waals surface area (Å²) in [6.45, 7) is 0.696. The first-order valence-corrected chi connectivity index (χ1v) is 15.7. The van der Waals surface area contributed by atoms with Gasteiger partial charge < -0.3 is 9.73 Å². The fourth-order valence-corrected chi connectivity index (χ4v) is 6.57. The molecule has 2 aromatic heterocycles. The summed E-state index contributed by atoms with van der Waals surface area (Å²) in [5, 5.41) is 6.82. The number of rotatable bonds is 5. The average Bonchev–Trinajstić information content (AvgIpc) is 3.54. The SMILES string of the molecule is C1=Cc2c(oc3cccc(-c4ccc(-c5ccc(-c6nc(-c7ccccc7)nc(-c7ccccc7)n6)cc5)c5ccccc45)c23)CN1. The van der Waals surface area contributed by atoms with Crippen molar-refractivity contribution in [1.29, 1.82) is 0 Å². The zero-order chi connectivity index (χ0) is 31.2. The van der Waals surface area contributed by atoms with Crippen molar-refractivity contribution in [3.8, 4) is 56.4 Å². The maximum atomic E-state index is 6.24. The fourth-order valence-electron chi connectivity index (χ4n) is 6.57. The third kappa shape index (κ3) is 4.77. The molecule has 0 aliphatic carbocycles. The predicted molar refractivity (Wildman–Crippen MR) is 190 cm³/mol. The maximum Gasteiger partial charge on any atom is 0.164 e. The topological polar surface area (TPSA) is 63.8 Å². The Hall–Kier alpha value is -6.33. The first-order valence-electron chi connectivity index (χ1n) is 15.7. The highest BCUT2D eigenvalue weighted by molar-refractivity contribution is 6.11. The average molecular weight is 605 g/mol. The minimum atomic E-state index is 0.644. The molecule has 6 aromatic carbocycles. The van der Waals surface area contributed by atoms with Crippen LogP contribution in [0.3, 0.4) is 0 Å². The third-order valence-corrected chi connectivity index (χ3v) is 8.83. The zero-order valence-corrected chi connectivity index (χ0v) is 25.4. The van der Waals surface area contributed by atoms with Crippen LogP contribution in [0.25, 0.3) is 84.2 Å². The molecule has 1 aliphatic heterocycles. The van der Waals surface area contributed by atoms with Gasteiger partial charge in [0.15, 0.2) is 17.5 Å². The number of furan rings is 1. The molecule has 0 radical (unpaired) electrons. The van der Waals surface area contributed by atoms with Crippen molar-refractivity contribution < 1.29 is 4.42 Å². The largest absolute Gasteiger partial charge is 0.459 e. The molecule has 0 atom stereocenters. The lowest BCUT2D eigenvalue weighted by molar-refractivity contribution is 0.532. The van der Waals surface area contributed by atoms with Crippen molar-refractivity contribution in [3.63, 3.8) is 0 Å². The Kier molecular flexibility index (Phi) is 6.46. The van der Waals surface area contributed by atoms with Crippen LogP contribution in [0, 0.1) is 0 Å². The Morgan fingerprint density at radius 1 is 0.468 bits per heavy atom. The minimum absolute atomic E-state index is 0.644. The summed E-state index contributed by atoms with van der Waals surface area (Å²) in [6, 6.07) is 48.1. The summed E-state index contributed by atoms with van der Waals surface area (Å²) < 4.78 is 6.24. The monoisotopic (exact) mass is 604 g/mol. The van der Waals surface area contributed by atoms with Crippen LogP contribution in [0.2, 0.25) is 0 Å². The van der Waals surface area contributed by atoms with Crippen LogP contribution in [0.5, 0.6) is 0 Å². The van der Waals surface area contributed by atoms with E-state index in [1.165, 1.54) is 27.5 Å². The van der Waals surface area contributed by atoms with Gasteiger partial charge in [-0.3, -0.25) is 0 Å². The minimum Gasteiger partial charge on any atom is -0.459 e. The second-order valence-corrected chi connectivity index (χ2v) is 11.7. The van der Waals surface area contributed by atoms with Crippen molar-refractivity contribution in [3.05, 3.63) is 157 Å².